The molecule has 0 spiro atoms. The van der Waals surface area contributed by atoms with Gasteiger partial charge in [0.2, 0.25) is 0 Å². The Bertz CT molecular complexity index is 1340. The highest BCUT2D eigenvalue weighted by Gasteiger charge is 2.39. The highest BCUT2D eigenvalue weighted by Crippen LogP contribution is 2.24. The number of hydrogen-bond acceptors (Lipinski definition) is 5. The molecule has 1 aromatic heterocycles. The van der Waals surface area contributed by atoms with E-state index in [9.17, 15) is 31.1 Å². The summed E-state index contributed by atoms with van der Waals surface area (Å²) in [6.45, 7) is 5.50. The molecular weight excluding hydrogens is 574 g/mol. The van der Waals surface area contributed by atoms with Crippen LogP contribution in [0.5, 0.6) is 0 Å². The summed E-state index contributed by atoms with van der Waals surface area (Å²) >= 11 is 0. The number of carboxylic acids is 2. The number of quaternary nitrogens is 1. The molecule has 1 fully saturated rings. The van der Waals surface area contributed by atoms with Crippen molar-refractivity contribution in [3.63, 3.8) is 0 Å². The first kappa shape index (κ1) is 34.1. The number of imidazole rings is 1. The topological polar surface area (TPSA) is 113 Å². The molecule has 0 saturated carbocycles. The summed E-state index contributed by atoms with van der Waals surface area (Å²) in [6.07, 6.45) is -2.91. The number of aryl methyl sites for hydroxylation is 1. The fourth-order valence-corrected chi connectivity index (χ4v) is 4.12. The van der Waals surface area contributed by atoms with Crippen LogP contribution < -0.4 is 5.01 Å². The summed E-state index contributed by atoms with van der Waals surface area (Å²) in [7, 11) is 2.08. The number of likely N-dealkylation sites (N-methyl/N-ethyl adjacent to an activating group) is 1. The average molecular weight is 606 g/mol. The number of aromatic nitrogens is 2. The van der Waals surface area contributed by atoms with Crippen LogP contribution >= 0.6 is 0 Å². The van der Waals surface area contributed by atoms with E-state index in [2.05, 4.69) is 46.8 Å². The molecule has 9 nitrogen and oxygen atoms in total. The van der Waals surface area contributed by atoms with E-state index in [1.807, 2.05) is 36.7 Å². The van der Waals surface area contributed by atoms with Crippen LogP contribution in [-0.2, 0) is 16.0 Å². The fraction of sp³-hybridized carbons (Fsp3) is 0.407. The lowest BCUT2D eigenvalue weighted by Gasteiger charge is -2.41. The van der Waals surface area contributed by atoms with E-state index in [1.165, 1.54) is 6.42 Å². The van der Waals surface area contributed by atoms with Crippen molar-refractivity contribution in [2.45, 2.75) is 38.5 Å². The lowest BCUT2D eigenvalue weighted by molar-refractivity contribution is -0.829. The molecule has 4 rings (SSSR count). The first-order chi connectivity index (χ1) is 19.5. The predicted octanol–water partition coefficient (Wildman–Crippen LogP) is 4.88. The third-order valence-corrected chi connectivity index (χ3v) is 6.45. The van der Waals surface area contributed by atoms with E-state index in [-0.39, 0.29) is 5.91 Å². The molecule has 230 valence electrons. The van der Waals surface area contributed by atoms with E-state index in [0.29, 0.717) is 4.48 Å². The quantitative estimate of drug-likeness (QED) is 0.315. The van der Waals surface area contributed by atoms with E-state index in [0.717, 1.165) is 61.2 Å². The van der Waals surface area contributed by atoms with Gasteiger partial charge in [0, 0.05) is 18.8 Å². The van der Waals surface area contributed by atoms with Gasteiger partial charge < -0.3 is 15.2 Å². The minimum atomic E-state index is -5.08. The van der Waals surface area contributed by atoms with Crippen molar-refractivity contribution < 1.29 is 55.4 Å². The minimum Gasteiger partial charge on any atom is -0.475 e. The Labute approximate surface area is 237 Å². The SMILES string of the molecule is CCCCc1nccn1N1CC[N+](C)(C(=O)c2cccc3ccccc23)CC1.O=C(O)C(F)(F)F.O=C(O)C(F)(F)F. The highest BCUT2D eigenvalue weighted by molar-refractivity contribution is 6.04. The Morgan fingerprint density at radius 1 is 0.905 bits per heavy atom. The lowest BCUT2D eigenvalue weighted by atomic mass is 10.0. The zero-order valence-electron chi connectivity index (χ0n) is 22.8. The highest BCUT2D eigenvalue weighted by atomic mass is 19.4. The first-order valence-corrected chi connectivity index (χ1v) is 12.8. The summed E-state index contributed by atoms with van der Waals surface area (Å²) < 4.78 is 66.1. The number of hydrogen-bond donors (Lipinski definition) is 2. The van der Waals surface area contributed by atoms with Crippen LogP contribution in [0.25, 0.3) is 10.8 Å². The number of amides is 1. The van der Waals surface area contributed by atoms with Crippen LogP contribution in [0, 0.1) is 0 Å². The maximum absolute atomic E-state index is 13.5. The molecule has 3 aromatic rings. The Hall–Kier alpha value is -4.14. The molecule has 42 heavy (non-hydrogen) atoms. The Balaban J connectivity index is 0.000000367. The fourth-order valence-electron chi connectivity index (χ4n) is 4.12. The summed E-state index contributed by atoms with van der Waals surface area (Å²) in [4.78, 5) is 35.8. The number of carboxylic acid groups (broad SMARTS) is 2. The molecule has 2 N–H and O–H groups in total. The maximum Gasteiger partial charge on any atom is 0.490 e. The van der Waals surface area contributed by atoms with E-state index in [1.54, 1.807) is 0 Å². The molecule has 1 saturated heterocycles. The monoisotopic (exact) mass is 605 g/mol. The molecule has 1 aliphatic heterocycles. The van der Waals surface area contributed by atoms with E-state index in [4.69, 9.17) is 19.8 Å². The van der Waals surface area contributed by atoms with Crippen molar-refractivity contribution in [1.29, 1.82) is 0 Å². The molecule has 1 aliphatic rings. The zero-order valence-corrected chi connectivity index (χ0v) is 22.8. The predicted molar refractivity (Wildman–Crippen MR) is 140 cm³/mol. The van der Waals surface area contributed by atoms with Gasteiger partial charge in [0.1, 0.15) is 18.9 Å². The molecule has 15 heteroatoms. The largest absolute Gasteiger partial charge is 0.490 e. The number of nitrogens with zero attached hydrogens (tertiary/aromatic N) is 4. The second kappa shape index (κ2) is 14.2. The number of alkyl halides is 6. The van der Waals surface area contributed by atoms with E-state index >= 15 is 0 Å². The third kappa shape index (κ3) is 9.19. The van der Waals surface area contributed by atoms with Crippen molar-refractivity contribution >= 4 is 28.6 Å². The number of aliphatic carboxylic acids is 2. The molecule has 0 unspecified atom stereocenters. The van der Waals surface area contributed by atoms with Gasteiger partial charge in [-0.3, -0.25) is 4.48 Å². The molecular formula is C27H31F6N4O5+. The number of piperazine rings is 1. The normalized spacial score (nSPS) is 14.7. The second-order valence-corrected chi connectivity index (χ2v) is 9.53. The first-order valence-electron chi connectivity index (χ1n) is 12.8. The Morgan fingerprint density at radius 2 is 1.43 bits per heavy atom. The van der Waals surface area contributed by atoms with Crippen molar-refractivity contribution in [1.82, 2.24) is 9.66 Å². The number of fused-ring (bicyclic) bond motifs is 1. The summed E-state index contributed by atoms with van der Waals surface area (Å²) in [5, 5.41) is 18.7. The smallest absolute Gasteiger partial charge is 0.475 e. The van der Waals surface area contributed by atoms with Crippen molar-refractivity contribution in [3.05, 3.63) is 66.2 Å². The average Bonchev–Trinajstić information content (AvgIpc) is 3.39. The van der Waals surface area contributed by atoms with Gasteiger partial charge in [-0.25, -0.2) is 24.0 Å². The van der Waals surface area contributed by atoms with Gasteiger partial charge in [0.15, 0.2) is 0 Å². The number of benzene rings is 2. The number of unbranched alkanes of at least 4 members (excludes halogenated alkanes) is 1. The van der Waals surface area contributed by atoms with Crippen LogP contribution in [0.3, 0.4) is 0 Å². The van der Waals surface area contributed by atoms with Gasteiger partial charge >= 0.3 is 30.2 Å². The summed E-state index contributed by atoms with van der Waals surface area (Å²) in [5.41, 5.74) is 0.834. The van der Waals surface area contributed by atoms with Crippen molar-refractivity contribution in [2.24, 2.45) is 0 Å². The van der Waals surface area contributed by atoms with Gasteiger partial charge in [0.05, 0.1) is 25.7 Å². The number of carbonyl (C=O) groups is 3. The molecule has 2 heterocycles. The number of carbonyl (C=O) groups excluding carboxylic acids is 1. The van der Waals surface area contributed by atoms with Crippen LogP contribution in [0.4, 0.5) is 26.3 Å². The van der Waals surface area contributed by atoms with Crippen LogP contribution in [0.15, 0.2) is 54.9 Å². The molecule has 0 radical (unpaired) electrons. The van der Waals surface area contributed by atoms with Crippen LogP contribution in [0.2, 0.25) is 0 Å². The molecule has 0 bridgehead atoms. The Kier molecular flexibility index (Phi) is 11.5. The lowest BCUT2D eigenvalue weighted by Crippen LogP contribution is -2.62. The summed E-state index contributed by atoms with van der Waals surface area (Å²) in [6, 6.07) is 14.2. The molecule has 0 aliphatic carbocycles. The minimum absolute atomic E-state index is 0.216. The van der Waals surface area contributed by atoms with Gasteiger partial charge in [0.25, 0.3) is 0 Å². The van der Waals surface area contributed by atoms with Gasteiger partial charge in [-0.1, -0.05) is 49.7 Å². The Morgan fingerprint density at radius 3 is 1.95 bits per heavy atom. The van der Waals surface area contributed by atoms with Crippen molar-refractivity contribution in [2.75, 3.05) is 38.2 Å². The second-order valence-electron chi connectivity index (χ2n) is 9.53. The maximum atomic E-state index is 13.5. The van der Waals surface area contributed by atoms with E-state index < -0.39 is 24.3 Å². The summed E-state index contributed by atoms with van der Waals surface area (Å²) in [5.74, 6) is -4.17. The van der Waals surface area contributed by atoms with Crippen LogP contribution in [-0.4, -0.2) is 87.8 Å². The number of rotatable bonds is 5. The van der Waals surface area contributed by atoms with Gasteiger partial charge in [-0.15, -0.1) is 0 Å². The molecule has 2 aromatic carbocycles. The van der Waals surface area contributed by atoms with Crippen LogP contribution in [0.1, 0.15) is 35.9 Å². The zero-order chi connectivity index (χ0) is 31.7. The van der Waals surface area contributed by atoms with Crippen molar-refractivity contribution in [3.8, 4) is 0 Å². The van der Waals surface area contributed by atoms with Gasteiger partial charge in [-0.2, -0.15) is 26.3 Å². The third-order valence-electron chi connectivity index (χ3n) is 6.45. The molecule has 1 amide bonds. The standard InChI is InChI=1S/C23H29N4O.2C2HF3O2/c1-3-4-12-22-24-13-14-26(22)25-15-17-27(2,18-16-25)23(28)21-11-7-9-19-8-5-6-10-20(19)21;2*3-2(4,5)1(6)7/h5-11,13-14H,3-4,12,15-18H2,1-2H3;2*(H,6,7)/q+1;;. The number of halogens is 6. The molecule has 0 atom stereocenters. The van der Waals surface area contributed by atoms with Gasteiger partial charge in [-0.05, 0) is 23.3 Å².